The number of aryl methyl sites for hydroxylation is 1. The number of benzene rings is 1. The molecule has 114 valence electrons. The van der Waals surface area contributed by atoms with Crippen molar-refractivity contribution in [2.45, 2.75) is 24.3 Å². The zero-order valence-electron chi connectivity index (χ0n) is 12.8. The Morgan fingerprint density at radius 1 is 1.09 bits per heavy atom. The molecule has 1 atom stereocenters. The Labute approximate surface area is 139 Å². The van der Waals surface area contributed by atoms with Gasteiger partial charge in [-0.2, -0.15) is 5.26 Å². The summed E-state index contributed by atoms with van der Waals surface area (Å²) in [7, 11) is 0. The van der Waals surface area contributed by atoms with E-state index in [4.69, 9.17) is 5.26 Å². The Hall–Kier alpha value is -2.65. The van der Waals surface area contributed by atoms with Gasteiger partial charge >= 0.3 is 0 Å². The first-order valence-electron chi connectivity index (χ1n) is 7.18. The van der Waals surface area contributed by atoms with Crippen molar-refractivity contribution >= 4 is 11.8 Å². The van der Waals surface area contributed by atoms with Gasteiger partial charge in [0.1, 0.15) is 0 Å². The summed E-state index contributed by atoms with van der Waals surface area (Å²) in [5.74, 6) is 0.740. The van der Waals surface area contributed by atoms with E-state index in [0.29, 0.717) is 5.16 Å². The topological polar surface area (TPSA) is 67.4 Å². The van der Waals surface area contributed by atoms with Gasteiger partial charge < -0.3 is 0 Å². The highest BCUT2D eigenvalue weighted by atomic mass is 32.2. The molecule has 2 aromatic heterocycles. The van der Waals surface area contributed by atoms with E-state index >= 15 is 0 Å². The molecule has 0 bridgehead atoms. The molecule has 0 fully saturated rings. The van der Waals surface area contributed by atoms with E-state index in [1.807, 2.05) is 54.8 Å². The third kappa shape index (κ3) is 3.25. The third-order valence-electron chi connectivity index (χ3n) is 3.33. The van der Waals surface area contributed by atoms with Crippen LogP contribution in [0.15, 0.2) is 53.9 Å². The molecule has 0 aliphatic carbocycles. The first kappa shape index (κ1) is 15.3. The van der Waals surface area contributed by atoms with Crippen molar-refractivity contribution in [2.24, 2.45) is 0 Å². The van der Waals surface area contributed by atoms with Gasteiger partial charge in [0.25, 0.3) is 0 Å². The molecule has 2 heterocycles. The number of thioether (sulfide) groups is 1. The van der Waals surface area contributed by atoms with Crippen LogP contribution >= 0.6 is 11.8 Å². The highest BCUT2D eigenvalue weighted by molar-refractivity contribution is 8.00. The third-order valence-corrected chi connectivity index (χ3v) is 4.26. The molecule has 0 N–H and O–H groups in total. The molecule has 3 aromatic rings. The van der Waals surface area contributed by atoms with Crippen molar-refractivity contribution in [2.75, 3.05) is 0 Å². The van der Waals surface area contributed by atoms with Crippen LogP contribution in [0.5, 0.6) is 0 Å². The van der Waals surface area contributed by atoms with Crippen LogP contribution in [0.2, 0.25) is 0 Å². The maximum Gasteiger partial charge on any atom is 0.197 e. The number of pyridine rings is 1. The van der Waals surface area contributed by atoms with Crippen molar-refractivity contribution in [3.05, 3.63) is 54.4 Å². The zero-order chi connectivity index (χ0) is 16.2. The molecular formula is C17H15N5S. The van der Waals surface area contributed by atoms with Crippen LogP contribution in [0.1, 0.15) is 12.5 Å². The van der Waals surface area contributed by atoms with Crippen LogP contribution in [-0.4, -0.2) is 25.0 Å². The normalized spacial score (nSPS) is 11.9. The number of rotatable bonds is 4. The van der Waals surface area contributed by atoms with Crippen LogP contribution in [-0.2, 0) is 0 Å². The van der Waals surface area contributed by atoms with Gasteiger partial charge in [-0.1, -0.05) is 29.5 Å². The van der Waals surface area contributed by atoms with Crippen LogP contribution in [0, 0.1) is 18.3 Å². The summed E-state index contributed by atoms with van der Waals surface area (Å²) in [5.41, 5.74) is 3.09. The molecule has 0 saturated carbocycles. The largest absolute Gasteiger partial charge is 0.270 e. The summed E-state index contributed by atoms with van der Waals surface area (Å²) in [6, 6.07) is 14.2. The Bertz CT molecular complexity index is 834. The second kappa shape index (κ2) is 6.63. The number of nitrogens with zero attached hydrogens (tertiary/aromatic N) is 5. The molecule has 0 unspecified atom stereocenters. The lowest BCUT2D eigenvalue weighted by Gasteiger charge is -2.11. The summed E-state index contributed by atoms with van der Waals surface area (Å²) in [4.78, 5) is 4.05. The molecule has 6 heteroatoms. The van der Waals surface area contributed by atoms with Crippen molar-refractivity contribution in [1.82, 2.24) is 19.7 Å². The highest BCUT2D eigenvalue weighted by Gasteiger charge is 2.18. The minimum absolute atomic E-state index is 0.200. The summed E-state index contributed by atoms with van der Waals surface area (Å²) >= 11 is 1.40. The molecule has 0 amide bonds. The van der Waals surface area contributed by atoms with Gasteiger partial charge in [0.15, 0.2) is 11.0 Å². The van der Waals surface area contributed by atoms with Crippen molar-refractivity contribution in [3.63, 3.8) is 0 Å². The van der Waals surface area contributed by atoms with Gasteiger partial charge in [-0.25, -0.2) is 0 Å². The smallest absolute Gasteiger partial charge is 0.197 e. The second-order valence-electron chi connectivity index (χ2n) is 5.10. The van der Waals surface area contributed by atoms with Gasteiger partial charge in [0.05, 0.1) is 11.3 Å². The summed E-state index contributed by atoms with van der Waals surface area (Å²) in [6.45, 7) is 3.90. The Kier molecular flexibility index (Phi) is 4.40. The molecule has 23 heavy (non-hydrogen) atoms. The van der Waals surface area contributed by atoms with Crippen LogP contribution in [0.4, 0.5) is 0 Å². The lowest BCUT2D eigenvalue weighted by Crippen LogP contribution is -2.02. The van der Waals surface area contributed by atoms with Gasteiger partial charge in [0, 0.05) is 23.6 Å². The molecule has 3 rings (SSSR count). The fourth-order valence-electron chi connectivity index (χ4n) is 2.15. The second-order valence-corrected chi connectivity index (χ2v) is 6.41. The van der Waals surface area contributed by atoms with Crippen molar-refractivity contribution in [3.8, 4) is 23.1 Å². The quantitative estimate of drug-likeness (QED) is 0.686. The molecule has 5 nitrogen and oxygen atoms in total. The molecule has 0 saturated heterocycles. The average Bonchev–Trinajstić information content (AvgIpc) is 3.00. The summed E-state index contributed by atoms with van der Waals surface area (Å²) in [5, 5.41) is 18.2. The van der Waals surface area contributed by atoms with E-state index in [-0.39, 0.29) is 5.25 Å². The lowest BCUT2D eigenvalue weighted by molar-refractivity contribution is 0.883. The van der Waals surface area contributed by atoms with Gasteiger partial charge in [-0.15, -0.1) is 10.2 Å². The SMILES string of the molecule is Cc1ccc(-n2c(S[C@@H](C)C#N)nnc2-c2ccncc2)cc1. The van der Waals surface area contributed by atoms with E-state index in [1.54, 1.807) is 12.4 Å². The Morgan fingerprint density at radius 2 is 1.78 bits per heavy atom. The number of nitriles is 1. The van der Waals surface area contributed by atoms with E-state index in [0.717, 1.165) is 17.1 Å². The number of aromatic nitrogens is 4. The predicted octanol–water partition coefficient (Wildman–Crippen LogP) is 3.64. The van der Waals surface area contributed by atoms with E-state index in [2.05, 4.69) is 21.3 Å². The van der Waals surface area contributed by atoms with E-state index in [1.165, 1.54) is 17.3 Å². The average molecular weight is 321 g/mol. The zero-order valence-corrected chi connectivity index (χ0v) is 13.7. The fraction of sp³-hybridized carbons (Fsp3) is 0.176. The van der Waals surface area contributed by atoms with E-state index < -0.39 is 0 Å². The maximum absolute atomic E-state index is 9.08. The lowest BCUT2D eigenvalue weighted by atomic mass is 10.2. The van der Waals surface area contributed by atoms with Gasteiger partial charge in [0.2, 0.25) is 0 Å². The van der Waals surface area contributed by atoms with Crippen molar-refractivity contribution in [1.29, 1.82) is 5.26 Å². The standard InChI is InChI=1S/C17H15N5S/c1-12-3-5-15(6-4-12)22-16(14-7-9-19-10-8-14)20-21-17(22)23-13(2)11-18/h3-10,13H,1-2H3/t13-/m0/s1. The molecule has 0 aliphatic rings. The van der Waals surface area contributed by atoms with Crippen LogP contribution in [0.3, 0.4) is 0 Å². The summed E-state index contributed by atoms with van der Waals surface area (Å²) in [6.07, 6.45) is 3.46. The molecule has 1 aromatic carbocycles. The fourth-order valence-corrected chi connectivity index (χ4v) is 2.90. The monoisotopic (exact) mass is 321 g/mol. The number of hydrogen-bond acceptors (Lipinski definition) is 5. The minimum Gasteiger partial charge on any atom is -0.270 e. The Morgan fingerprint density at radius 3 is 2.43 bits per heavy atom. The van der Waals surface area contributed by atoms with Gasteiger partial charge in [-0.3, -0.25) is 9.55 Å². The first-order valence-corrected chi connectivity index (χ1v) is 8.06. The molecule has 0 radical (unpaired) electrons. The minimum atomic E-state index is -0.200. The summed E-state index contributed by atoms with van der Waals surface area (Å²) < 4.78 is 1.98. The first-order chi connectivity index (χ1) is 11.2. The molecular weight excluding hydrogens is 306 g/mol. The van der Waals surface area contributed by atoms with Crippen LogP contribution in [0.25, 0.3) is 17.1 Å². The van der Waals surface area contributed by atoms with Gasteiger partial charge in [-0.05, 0) is 38.1 Å². The van der Waals surface area contributed by atoms with E-state index in [9.17, 15) is 0 Å². The number of hydrogen-bond donors (Lipinski definition) is 0. The van der Waals surface area contributed by atoms with Crippen molar-refractivity contribution < 1.29 is 0 Å². The molecule has 0 aliphatic heterocycles. The van der Waals surface area contributed by atoms with Crippen LogP contribution < -0.4 is 0 Å². The molecule has 0 spiro atoms. The highest BCUT2D eigenvalue weighted by Crippen LogP contribution is 2.29. The maximum atomic E-state index is 9.08. The Balaban J connectivity index is 2.14. The predicted molar refractivity (Wildman–Crippen MR) is 90.3 cm³/mol.